The van der Waals surface area contributed by atoms with Crippen LogP contribution in [0.3, 0.4) is 0 Å². The summed E-state index contributed by atoms with van der Waals surface area (Å²) in [6.45, 7) is 4.98. The van der Waals surface area contributed by atoms with Crippen molar-refractivity contribution in [3.05, 3.63) is 24.5 Å². The summed E-state index contributed by atoms with van der Waals surface area (Å²) < 4.78 is 1.65. The summed E-state index contributed by atoms with van der Waals surface area (Å²) in [4.78, 5) is 10.9. The van der Waals surface area contributed by atoms with Gasteiger partial charge in [-0.1, -0.05) is 6.58 Å². The number of carbonyl (C=O) groups excluding carboxylic acids is 1. The molecular formula is C10H16N4O. The van der Waals surface area contributed by atoms with E-state index in [1.54, 1.807) is 24.1 Å². The van der Waals surface area contributed by atoms with E-state index in [9.17, 15) is 4.79 Å². The summed E-state index contributed by atoms with van der Waals surface area (Å²) in [5, 5.41) is 9.77. The lowest BCUT2D eigenvalue weighted by Crippen LogP contribution is -2.24. The normalized spacial score (nSPS) is 9.93. The maximum Gasteiger partial charge on any atom is 0.221 e. The molecule has 0 radical (unpaired) electrons. The first-order chi connectivity index (χ1) is 7.26. The van der Waals surface area contributed by atoms with E-state index in [1.807, 2.05) is 6.20 Å². The molecule has 1 aromatic rings. The molecule has 82 valence electrons. The molecule has 0 saturated carbocycles. The Kier molecular flexibility index (Phi) is 4.56. The molecule has 1 rings (SSSR count). The Morgan fingerprint density at radius 1 is 1.73 bits per heavy atom. The maximum absolute atomic E-state index is 10.9. The quantitative estimate of drug-likeness (QED) is 0.657. The van der Waals surface area contributed by atoms with Crippen molar-refractivity contribution in [2.75, 3.05) is 13.6 Å². The van der Waals surface area contributed by atoms with Gasteiger partial charge < -0.3 is 10.6 Å². The van der Waals surface area contributed by atoms with Gasteiger partial charge in [0.2, 0.25) is 5.91 Å². The van der Waals surface area contributed by atoms with Crippen molar-refractivity contribution in [2.24, 2.45) is 0 Å². The summed E-state index contributed by atoms with van der Waals surface area (Å²) in [6, 6.07) is 0. The van der Waals surface area contributed by atoms with Crippen molar-refractivity contribution >= 4 is 12.1 Å². The van der Waals surface area contributed by atoms with Gasteiger partial charge in [-0.25, -0.2) is 4.68 Å². The molecule has 1 amide bonds. The zero-order chi connectivity index (χ0) is 11.1. The van der Waals surface area contributed by atoms with Crippen LogP contribution in [0.25, 0.3) is 6.20 Å². The first-order valence-electron chi connectivity index (χ1n) is 4.83. The molecule has 15 heavy (non-hydrogen) atoms. The Labute approximate surface area is 89.2 Å². The highest BCUT2D eigenvalue weighted by Crippen LogP contribution is 1.96. The Morgan fingerprint density at radius 3 is 3.13 bits per heavy atom. The summed E-state index contributed by atoms with van der Waals surface area (Å²) in [7, 11) is 1.64. The maximum atomic E-state index is 10.9. The molecule has 0 aliphatic carbocycles. The third kappa shape index (κ3) is 3.95. The van der Waals surface area contributed by atoms with Crippen LogP contribution in [0.5, 0.6) is 0 Å². The molecule has 1 aromatic heterocycles. The number of amides is 1. The molecule has 0 fully saturated rings. The number of rotatable bonds is 6. The first kappa shape index (κ1) is 11.5. The van der Waals surface area contributed by atoms with E-state index in [-0.39, 0.29) is 5.91 Å². The van der Waals surface area contributed by atoms with Gasteiger partial charge in [0.15, 0.2) is 0 Å². The largest absolute Gasteiger partial charge is 0.359 e. The molecule has 2 N–H and O–H groups in total. The minimum atomic E-state index is 0.0456. The van der Waals surface area contributed by atoms with Crippen LogP contribution in [0.2, 0.25) is 0 Å². The fraction of sp³-hybridized carbons (Fsp3) is 0.400. The average molecular weight is 208 g/mol. The third-order valence-electron chi connectivity index (χ3n) is 1.98. The van der Waals surface area contributed by atoms with Crippen LogP contribution in [0.1, 0.15) is 12.0 Å². The number of carbonyl (C=O) groups is 1. The Hall–Kier alpha value is -1.62. The van der Waals surface area contributed by atoms with Gasteiger partial charge in [-0.05, 0) is 0 Å². The van der Waals surface area contributed by atoms with Gasteiger partial charge in [0.05, 0.1) is 6.20 Å². The van der Waals surface area contributed by atoms with Crippen molar-refractivity contribution in [1.82, 2.24) is 20.4 Å². The first-order valence-corrected chi connectivity index (χ1v) is 4.83. The predicted octanol–water partition coefficient (Wildman–Crippen LogP) is 0.209. The second-order valence-electron chi connectivity index (χ2n) is 3.11. The fourth-order valence-corrected chi connectivity index (χ4v) is 1.13. The van der Waals surface area contributed by atoms with E-state index >= 15 is 0 Å². The van der Waals surface area contributed by atoms with Gasteiger partial charge >= 0.3 is 0 Å². The van der Waals surface area contributed by atoms with Crippen LogP contribution in [-0.4, -0.2) is 29.3 Å². The van der Waals surface area contributed by atoms with Gasteiger partial charge in [0.1, 0.15) is 0 Å². The van der Waals surface area contributed by atoms with Crippen molar-refractivity contribution < 1.29 is 4.79 Å². The highest BCUT2D eigenvalue weighted by Gasteiger charge is 1.98. The van der Waals surface area contributed by atoms with Gasteiger partial charge in [-0.15, -0.1) is 0 Å². The van der Waals surface area contributed by atoms with Gasteiger partial charge in [-0.2, -0.15) is 5.10 Å². The van der Waals surface area contributed by atoms with Crippen LogP contribution in [0.4, 0.5) is 0 Å². The van der Waals surface area contributed by atoms with Crippen LogP contribution in [0, 0.1) is 0 Å². The summed E-state index contributed by atoms with van der Waals surface area (Å²) >= 11 is 0. The molecule has 0 spiro atoms. The molecule has 0 aliphatic heterocycles. The monoisotopic (exact) mass is 208 g/mol. The van der Waals surface area contributed by atoms with E-state index in [0.29, 0.717) is 19.5 Å². The molecule has 0 atom stereocenters. The van der Waals surface area contributed by atoms with Crippen molar-refractivity contribution in [3.63, 3.8) is 0 Å². The van der Waals surface area contributed by atoms with Crippen LogP contribution < -0.4 is 10.6 Å². The average Bonchev–Trinajstić information content (AvgIpc) is 2.72. The van der Waals surface area contributed by atoms with E-state index in [0.717, 1.165) is 5.56 Å². The zero-order valence-electron chi connectivity index (χ0n) is 8.86. The fourth-order valence-electron chi connectivity index (χ4n) is 1.13. The van der Waals surface area contributed by atoms with E-state index in [1.165, 1.54) is 0 Å². The molecule has 1 heterocycles. The van der Waals surface area contributed by atoms with E-state index in [4.69, 9.17) is 0 Å². The van der Waals surface area contributed by atoms with Crippen molar-refractivity contribution in [2.45, 2.75) is 13.0 Å². The molecule has 0 aromatic carbocycles. The lowest BCUT2D eigenvalue weighted by atomic mass is 10.3. The minimum Gasteiger partial charge on any atom is -0.359 e. The van der Waals surface area contributed by atoms with Gasteiger partial charge in [0, 0.05) is 44.5 Å². The SMILES string of the molecule is C=Cn1cc(CNCCC(=O)NC)cn1. The smallest absolute Gasteiger partial charge is 0.221 e. The number of nitrogens with zero attached hydrogens (tertiary/aromatic N) is 2. The number of aromatic nitrogens is 2. The number of nitrogens with one attached hydrogen (secondary N) is 2. The number of hydrogen-bond acceptors (Lipinski definition) is 3. The van der Waals surface area contributed by atoms with Crippen LogP contribution >= 0.6 is 0 Å². The Morgan fingerprint density at radius 2 is 2.53 bits per heavy atom. The highest BCUT2D eigenvalue weighted by molar-refractivity contribution is 5.75. The summed E-state index contributed by atoms with van der Waals surface area (Å²) in [5.41, 5.74) is 1.08. The zero-order valence-corrected chi connectivity index (χ0v) is 8.86. The molecule has 0 bridgehead atoms. The van der Waals surface area contributed by atoms with Crippen molar-refractivity contribution in [3.8, 4) is 0 Å². The third-order valence-corrected chi connectivity index (χ3v) is 1.98. The van der Waals surface area contributed by atoms with Gasteiger partial charge in [-0.3, -0.25) is 4.79 Å². The standard InChI is InChI=1S/C10H16N4O/c1-3-14-8-9(7-13-14)6-12-5-4-10(15)11-2/h3,7-8,12H,1,4-6H2,2H3,(H,11,15). The Balaban J connectivity index is 2.20. The summed E-state index contributed by atoms with van der Waals surface area (Å²) in [5.74, 6) is 0.0456. The highest BCUT2D eigenvalue weighted by atomic mass is 16.1. The Bertz CT molecular complexity index is 332. The lowest BCUT2D eigenvalue weighted by Gasteiger charge is -2.01. The molecule has 0 aliphatic rings. The van der Waals surface area contributed by atoms with Crippen LogP contribution in [0.15, 0.2) is 19.0 Å². The summed E-state index contributed by atoms with van der Waals surface area (Å²) in [6.07, 6.45) is 5.79. The second-order valence-corrected chi connectivity index (χ2v) is 3.11. The molecular weight excluding hydrogens is 192 g/mol. The minimum absolute atomic E-state index is 0.0456. The molecule has 5 heteroatoms. The molecule has 5 nitrogen and oxygen atoms in total. The van der Waals surface area contributed by atoms with Gasteiger partial charge in [0.25, 0.3) is 0 Å². The van der Waals surface area contributed by atoms with E-state index in [2.05, 4.69) is 22.3 Å². The predicted molar refractivity (Wildman–Crippen MR) is 59.0 cm³/mol. The van der Waals surface area contributed by atoms with Crippen molar-refractivity contribution in [1.29, 1.82) is 0 Å². The van der Waals surface area contributed by atoms with E-state index < -0.39 is 0 Å². The molecule has 0 saturated heterocycles. The molecule has 0 unspecified atom stereocenters. The number of hydrogen-bond donors (Lipinski definition) is 2. The van der Waals surface area contributed by atoms with Crippen LogP contribution in [-0.2, 0) is 11.3 Å². The lowest BCUT2D eigenvalue weighted by molar-refractivity contribution is -0.120. The second kappa shape index (κ2) is 5.98. The topological polar surface area (TPSA) is 59.0 Å².